The number of hydrogen-bond donors (Lipinski definition) is 0. The molecular formula is C20H20N4O2S. The van der Waals surface area contributed by atoms with Crippen LogP contribution in [0, 0.1) is 6.92 Å². The fourth-order valence-corrected chi connectivity index (χ4v) is 5.11. The average Bonchev–Trinajstić information content (AvgIpc) is 3.14. The Morgan fingerprint density at radius 1 is 1.41 bits per heavy atom. The van der Waals surface area contributed by atoms with Crippen molar-refractivity contribution in [1.82, 2.24) is 14.3 Å². The van der Waals surface area contributed by atoms with Gasteiger partial charge < -0.3 is 4.74 Å². The second-order valence-corrected chi connectivity index (χ2v) is 8.23. The van der Waals surface area contributed by atoms with Gasteiger partial charge in [-0.1, -0.05) is 29.5 Å². The third-order valence-corrected chi connectivity index (χ3v) is 6.37. The average molecular weight is 380 g/mol. The predicted molar refractivity (Wildman–Crippen MR) is 104 cm³/mol. The summed E-state index contributed by atoms with van der Waals surface area (Å²) >= 11 is 1.42. The fourth-order valence-electron chi connectivity index (χ4n) is 4.00. The van der Waals surface area contributed by atoms with Crippen molar-refractivity contribution in [1.29, 1.82) is 0 Å². The molecule has 138 valence electrons. The Balaban J connectivity index is 1.74. The summed E-state index contributed by atoms with van der Waals surface area (Å²) < 4.78 is 10.6. The van der Waals surface area contributed by atoms with E-state index >= 15 is 0 Å². The lowest BCUT2D eigenvalue weighted by Gasteiger charge is -2.39. The van der Waals surface area contributed by atoms with Crippen LogP contribution < -0.4 is 19.6 Å². The van der Waals surface area contributed by atoms with E-state index in [9.17, 15) is 4.79 Å². The van der Waals surface area contributed by atoms with E-state index in [4.69, 9.17) is 9.73 Å². The van der Waals surface area contributed by atoms with Crippen molar-refractivity contribution in [3.05, 3.63) is 67.0 Å². The first-order valence-corrected chi connectivity index (χ1v) is 9.94. The maximum Gasteiger partial charge on any atom is 0.270 e. The lowest BCUT2D eigenvalue weighted by atomic mass is 9.93. The zero-order valence-electron chi connectivity index (χ0n) is 15.5. The summed E-state index contributed by atoms with van der Waals surface area (Å²) in [6.07, 6.45) is 4.41. The second-order valence-electron chi connectivity index (χ2n) is 7.22. The van der Waals surface area contributed by atoms with Crippen LogP contribution in [-0.4, -0.2) is 20.1 Å². The van der Waals surface area contributed by atoms with Crippen molar-refractivity contribution in [2.45, 2.75) is 45.5 Å². The van der Waals surface area contributed by atoms with Crippen LogP contribution in [0.15, 0.2) is 40.2 Å². The zero-order chi connectivity index (χ0) is 18.8. The number of nitrogens with zero attached hydrogens (tertiary/aromatic N) is 4. The van der Waals surface area contributed by atoms with Gasteiger partial charge in [-0.3, -0.25) is 14.0 Å². The van der Waals surface area contributed by atoms with Crippen LogP contribution in [0.1, 0.15) is 43.1 Å². The molecule has 4 heterocycles. The standard InChI is InChI=1S/C20H20N4O2S/c1-4-23-12(2)13(11-21-23)9-17-18(25)24-15-10-20(3,22-19(24)27-17)26-16-8-6-5-7-14(15)16/h5-9,11,15H,4,10H2,1-3H3/b17-9-/t15-,20-/m0/s1. The third-order valence-electron chi connectivity index (χ3n) is 5.39. The topological polar surface area (TPSA) is 61.4 Å². The van der Waals surface area contributed by atoms with Crippen LogP contribution >= 0.6 is 11.3 Å². The Labute approximate surface area is 160 Å². The number of hydrogen-bond acceptors (Lipinski definition) is 5. The number of aryl methyl sites for hydroxylation is 1. The molecule has 0 N–H and O–H groups in total. The van der Waals surface area contributed by atoms with Crippen molar-refractivity contribution in [3.8, 4) is 5.75 Å². The Hall–Kier alpha value is -2.67. The highest BCUT2D eigenvalue weighted by Gasteiger charge is 2.42. The van der Waals surface area contributed by atoms with Gasteiger partial charge in [0.15, 0.2) is 4.80 Å². The largest absolute Gasteiger partial charge is 0.466 e. The van der Waals surface area contributed by atoms with E-state index in [0.29, 0.717) is 11.0 Å². The zero-order valence-corrected chi connectivity index (χ0v) is 16.3. The van der Waals surface area contributed by atoms with Crippen molar-refractivity contribution >= 4 is 17.4 Å². The molecule has 3 aromatic rings. The molecule has 0 radical (unpaired) electrons. The maximum atomic E-state index is 13.2. The molecule has 27 heavy (non-hydrogen) atoms. The van der Waals surface area contributed by atoms with E-state index in [0.717, 1.165) is 33.9 Å². The molecule has 2 aliphatic rings. The number of rotatable bonds is 2. The highest BCUT2D eigenvalue weighted by molar-refractivity contribution is 7.07. The Kier molecular flexibility index (Phi) is 3.46. The monoisotopic (exact) mass is 380 g/mol. The van der Waals surface area contributed by atoms with E-state index in [1.807, 2.05) is 59.6 Å². The molecule has 0 unspecified atom stereocenters. The van der Waals surface area contributed by atoms with E-state index in [1.54, 1.807) is 0 Å². The maximum absolute atomic E-state index is 13.2. The van der Waals surface area contributed by atoms with Crippen molar-refractivity contribution in [2.24, 2.45) is 4.99 Å². The normalized spacial score (nSPS) is 23.4. The lowest BCUT2D eigenvalue weighted by molar-refractivity contribution is 0.0410. The Morgan fingerprint density at radius 3 is 3.00 bits per heavy atom. The summed E-state index contributed by atoms with van der Waals surface area (Å²) in [6, 6.07) is 7.89. The minimum atomic E-state index is -0.628. The molecule has 0 amide bonds. The van der Waals surface area contributed by atoms with Gasteiger partial charge in [-0.15, -0.1) is 0 Å². The molecule has 0 saturated heterocycles. The van der Waals surface area contributed by atoms with E-state index < -0.39 is 5.72 Å². The van der Waals surface area contributed by atoms with Crippen LogP contribution in [0.5, 0.6) is 5.75 Å². The molecule has 7 heteroatoms. The highest BCUT2D eigenvalue weighted by atomic mass is 32.1. The number of ether oxygens (including phenoxy) is 1. The molecule has 0 fully saturated rings. The Morgan fingerprint density at radius 2 is 2.22 bits per heavy atom. The molecule has 6 nitrogen and oxygen atoms in total. The summed E-state index contributed by atoms with van der Waals surface area (Å²) in [6.45, 7) is 6.88. The molecule has 0 spiro atoms. The Bertz CT molecular complexity index is 1240. The van der Waals surface area contributed by atoms with Crippen LogP contribution in [-0.2, 0) is 6.54 Å². The van der Waals surface area contributed by atoms with Gasteiger partial charge in [-0.2, -0.15) is 5.10 Å². The van der Waals surface area contributed by atoms with Crippen molar-refractivity contribution in [2.75, 3.05) is 0 Å². The molecule has 2 atom stereocenters. The SMILES string of the molecule is CCn1ncc(/C=c2\sc3n(c2=O)[C@H]2C[C@@](C)(N=3)Oc3ccccc32)c1C. The smallest absolute Gasteiger partial charge is 0.270 e. The van der Waals surface area contributed by atoms with Gasteiger partial charge in [0.25, 0.3) is 5.56 Å². The number of aromatic nitrogens is 3. The molecule has 2 aliphatic heterocycles. The van der Waals surface area contributed by atoms with Gasteiger partial charge >= 0.3 is 0 Å². The van der Waals surface area contributed by atoms with E-state index in [1.165, 1.54) is 11.3 Å². The minimum absolute atomic E-state index is 0.00570. The lowest BCUT2D eigenvalue weighted by Crippen LogP contribution is -2.49. The quantitative estimate of drug-likeness (QED) is 0.683. The first-order valence-electron chi connectivity index (χ1n) is 9.12. The van der Waals surface area contributed by atoms with Crippen LogP contribution in [0.3, 0.4) is 0 Å². The van der Waals surface area contributed by atoms with Gasteiger partial charge in [-0.25, -0.2) is 4.99 Å². The summed E-state index contributed by atoms with van der Waals surface area (Å²) in [7, 11) is 0. The summed E-state index contributed by atoms with van der Waals surface area (Å²) in [5.74, 6) is 0.814. The van der Waals surface area contributed by atoms with Gasteiger partial charge in [0.2, 0.25) is 5.72 Å². The number of fused-ring (bicyclic) bond motifs is 6. The van der Waals surface area contributed by atoms with E-state index in [2.05, 4.69) is 12.0 Å². The first-order chi connectivity index (χ1) is 13.0. The second kappa shape index (κ2) is 5.66. The molecule has 2 bridgehead atoms. The molecule has 0 aliphatic carbocycles. The van der Waals surface area contributed by atoms with E-state index in [-0.39, 0.29) is 11.6 Å². The molecule has 2 aromatic heterocycles. The van der Waals surface area contributed by atoms with Crippen molar-refractivity contribution < 1.29 is 4.74 Å². The summed E-state index contributed by atoms with van der Waals surface area (Å²) in [5.41, 5.74) is 2.46. The third kappa shape index (κ3) is 2.41. The highest BCUT2D eigenvalue weighted by Crippen LogP contribution is 2.42. The van der Waals surface area contributed by atoms with Crippen LogP contribution in [0.25, 0.3) is 6.08 Å². The first kappa shape index (κ1) is 16.5. The fraction of sp³-hybridized carbons (Fsp3) is 0.350. The number of benzene rings is 1. The molecule has 1 aromatic carbocycles. The molecule has 5 rings (SSSR count). The van der Waals surface area contributed by atoms with Gasteiger partial charge in [0.05, 0.1) is 16.8 Å². The van der Waals surface area contributed by atoms with Gasteiger partial charge in [0.1, 0.15) is 5.75 Å². The van der Waals surface area contributed by atoms with Crippen molar-refractivity contribution in [3.63, 3.8) is 0 Å². The van der Waals surface area contributed by atoms with Crippen LogP contribution in [0.4, 0.5) is 0 Å². The molecule has 0 saturated carbocycles. The predicted octanol–water partition coefficient (Wildman–Crippen LogP) is 1.98. The van der Waals surface area contributed by atoms with Crippen LogP contribution in [0.2, 0.25) is 0 Å². The van der Waals surface area contributed by atoms with Gasteiger partial charge in [0, 0.05) is 29.8 Å². The van der Waals surface area contributed by atoms with Gasteiger partial charge in [-0.05, 0) is 32.9 Å². The minimum Gasteiger partial charge on any atom is -0.466 e. The molecular weight excluding hydrogens is 360 g/mol. The number of thiazole rings is 1. The summed E-state index contributed by atoms with van der Waals surface area (Å²) in [4.78, 5) is 18.7. The number of para-hydroxylation sites is 1. The summed E-state index contributed by atoms with van der Waals surface area (Å²) in [5, 5.41) is 4.37.